The Hall–Kier alpha value is -5.15. The van der Waals surface area contributed by atoms with E-state index in [4.69, 9.17) is 40.6 Å². The van der Waals surface area contributed by atoms with E-state index < -0.39 is 54.5 Å². The van der Waals surface area contributed by atoms with Crippen LogP contribution in [0.3, 0.4) is 0 Å². The Bertz CT molecular complexity index is 1610. The van der Waals surface area contributed by atoms with Crippen LogP contribution in [0.1, 0.15) is 27.7 Å². The number of methoxy groups -OCH3 is 1. The zero-order valence-corrected chi connectivity index (χ0v) is 27.1. The van der Waals surface area contributed by atoms with Crippen LogP contribution in [0, 0.1) is 0 Å². The predicted molar refractivity (Wildman–Crippen MR) is 171 cm³/mol. The molecule has 1 aliphatic rings. The van der Waals surface area contributed by atoms with E-state index >= 15 is 0 Å². The third-order valence-corrected chi connectivity index (χ3v) is 6.89. The van der Waals surface area contributed by atoms with Crippen molar-refractivity contribution in [2.45, 2.75) is 58.3 Å². The predicted octanol–water partition coefficient (Wildman–Crippen LogP) is 3.19. The molecule has 1 aromatic heterocycles. The van der Waals surface area contributed by atoms with Crippen LogP contribution < -0.4 is 15.4 Å². The summed E-state index contributed by atoms with van der Waals surface area (Å²) in [5.74, 6) is -2.07. The minimum Gasteiger partial charge on any atom is -0.497 e. The Balaban J connectivity index is 1.67. The summed E-state index contributed by atoms with van der Waals surface area (Å²) in [6.45, 7) is 4.23. The highest BCUT2D eigenvalue weighted by Crippen LogP contribution is 2.29. The Labute approximate surface area is 276 Å². The molecule has 0 radical (unpaired) electrons. The van der Waals surface area contributed by atoms with Crippen molar-refractivity contribution in [3.05, 3.63) is 60.7 Å². The van der Waals surface area contributed by atoms with Gasteiger partial charge in [0, 0.05) is 38.8 Å². The first-order valence-corrected chi connectivity index (χ1v) is 14.8. The highest BCUT2D eigenvalue weighted by Gasteiger charge is 2.52. The average Bonchev–Trinajstić information content (AvgIpc) is 3.02. The number of anilines is 1. The van der Waals surface area contributed by atoms with Crippen LogP contribution in [0.25, 0.3) is 22.5 Å². The largest absolute Gasteiger partial charge is 0.497 e. The zero-order chi connectivity index (χ0) is 34.1. The molecule has 0 bridgehead atoms. The molecule has 5 unspecified atom stereocenters. The maximum Gasteiger partial charge on any atom is 0.303 e. The molecule has 0 aliphatic carbocycles. The summed E-state index contributed by atoms with van der Waals surface area (Å²) in [5, 5.41) is 5.79. The van der Waals surface area contributed by atoms with Crippen molar-refractivity contribution < 1.29 is 47.6 Å². The Morgan fingerprint density at radius 3 is 1.87 bits per heavy atom. The second kappa shape index (κ2) is 15.9. The quantitative estimate of drug-likeness (QED) is 0.183. The van der Waals surface area contributed by atoms with Crippen LogP contribution in [0.2, 0.25) is 0 Å². The molecule has 5 atom stereocenters. The second-order valence-electron chi connectivity index (χ2n) is 10.3. The zero-order valence-electron chi connectivity index (χ0n) is 26.3. The van der Waals surface area contributed by atoms with Gasteiger partial charge in [0.15, 0.2) is 29.7 Å². The molecule has 1 saturated heterocycles. The molecule has 248 valence electrons. The third-order valence-electron chi connectivity index (χ3n) is 6.67. The minimum atomic E-state index is -1.37. The number of carbonyl (C=O) groups is 4. The number of carbonyl (C=O) groups excluding carboxylic acids is 4. The van der Waals surface area contributed by atoms with Gasteiger partial charge in [-0.3, -0.25) is 19.2 Å². The van der Waals surface area contributed by atoms with E-state index in [0.717, 1.165) is 31.9 Å². The van der Waals surface area contributed by atoms with Gasteiger partial charge in [0.2, 0.25) is 5.95 Å². The summed E-state index contributed by atoms with van der Waals surface area (Å²) in [7, 11) is 1.58. The number of thiocarbonyl (C=S) groups is 1. The molecule has 0 amide bonds. The van der Waals surface area contributed by atoms with Gasteiger partial charge >= 0.3 is 23.9 Å². The molecule has 1 fully saturated rings. The van der Waals surface area contributed by atoms with E-state index in [1.54, 1.807) is 7.11 Å². The van der Waals surface area contributed by atoms with Gasteiger partial charge in [-0.05, 0) is 42.5 Å². The van der Waals surface area contributed by atoms with Gasteiger partial charge < -0.3 is 39.1 Å². The van der Waals surface area contributed by atoms with E-state index in [-0.39, 0.29) is 17.7 Å². The minimum absolute atomic E-state index is 0.0585. The van der Waals surface area contributed by atoms with Crippen LogP contribution in [0.4, 0.5) is 5.95 Å². The van der Waals surface area contributed by atoms with E-state index in [1.165, 1.54) is 6.92 Å². The van der Waals surface area contributed by atoms with Crippen molar-refractivity contribution in [1.82, 2.24) is 15.3 Å². The normalized spacial score (nSPS) is 20.2. The molecule has 2 aromatic carbocycles. The Morgan fingerprint density at radius 2 is 1.32 bits per heavy atom. The highest BCUT2D eigenvalue weighted by molar-refractivity contribution is 7.80. The lowest BCUT2D eigenvalue weighted by Crippen LogP contribution is -2.66. The van der Waals surface area contributed by atoms with Gasteiger partial charge in [-0.1, -0.05) is 30.3 Å². The van der Waals surface area contributed by atoms with E-state index in [1.807, 2.05) is 60.7 Å². The molecule has 2 N–H and O–H groups in total. The third kappa shape index (κ3) is 9.67. The molecule has 0 saturated carbocycles. The van der Waals surface area contributed by atoms with Crippen LogP contribution in [0.15, 0.2) is 60.7 Å². The molecule has 47 heavy (non-hydrogen) atoms. The fourth-order valence-electron chi connectivity index (χ4n) is 4.78. The first-order valence-electron chi connectivity index (χ1n) is 14.4. The molecular weight excluding hydrogens is 632 g/mol. The molecule has 4 rings (SSSR count). The van der Waals surface area contributed by atoms with Gasteiger partial charge in [-0.25, -0.2) is 9.97 Å². The maximum absolute atomic E-state index is 12.2. The maximum atomic E-state index is 12.2. The lowest BCUT2D eigenvalue weighted by molar-refractivity contribution is -0.254. The van der Waals surface area contributed by atoms with Crippen molar-refractivity contribution >= 4 is 47.2 Å². The number of rotatable bonds is 10. The summed E-state index contributed by atoms with van der Waals surface area (Å²) < 4.78 is 32.9. The topological polar surface area (TPSA) is 174 Å². The number of hydrogen-bond donors (Lipinski definition) is 2. The number of ether oxygens (including phenoxy) is 6. The summed E-state index contributed by atoms with van der Waals surface area (Å²) in [6, 6.07) is 18.6. The summed E-state index contributed by atoms with van der Waals surface area (Å²) >= 11 is 5.59. The monoisotopic (exact) mass is 666 g/mol. The van der Waals surface area contributed by atoms with E-state index in [2.05, 4.69) is 20.6 Å². The number of nitrogens with zero attached hydrogens (tertiary/aromatic N) is 2. The molecule has 0 spiro atoms. The van der Waals surface area contributed by atoms with Gasteiger partial charge in [0.25, 0.3) is 0 Å². The standard InChI is InChI=1S/C32H34N4O10S/c1-17(37)42-16-26-27(43-18(2)38)28(44-19(3)39)29(45-20(4)40)30(46-26)35-32(47)36-31-33-24(21-9-7-6-8-10-21)15-25(34-31)22-11-13-23(41-5)14-12-22/h6-15,26-30H,16H2,1-5H3,(H2,33,34,35,36,47). The molecule has 3 aromatic rings. The fourth-order valence-corrected chi connectivity index (χ4v) is 4.99. The summed E-state index contributed by atoms with van der Waals surface area (Å²) in [5.41, 5.74) is 2.79. The molecule has 15 heteroatoms. The van der Waals surface area contributed by atoms with Crippen molar-refractivity contribution in [2.24, 2.45) is 0 Å². The summed E-state index contributed by atoms with van der Waals surface area (Å²) in [6.07, 6.45) is -6.47. The van der Waals surface area contributed by atoms with Gasteiger partial charge in [0.05, 0.1) is 18.5 Å². The number of aromatic nitrogens is 2. The highest BCUT2D eigenvalue weighted by atomic mass is 32.1. The van der Waals surface area contributed by atoms with Crippen molar-refractivity contribution in [3.63, 3.8) is 0 Å². The number of nitrogens with one attached hydrogen (secondary N) is 2. The van der Waals surface area contributed by atoms with Crippen LogP contribution in [-0.2, 0) is 42.9 Å². The number of hydrogen-bond acceptors (Lipinski definition) is 13. The van der Waals surface area contributed by atoms with Crippen LogP contribution in [-0.4, -0.2) is 83.3 Å². The number of benzene rings is 2. The first-order chi connectivity index (χ1) is 22.4. The lowest BCUT2D eigenvalue weighted by atomic mass is 9.97. The molecule has 14 nitrogen and oxygen atoms in total. The summed E-state index contributed by atoms with van der Waals surface area (Å²) in [4.78, 5) is 57.2. The van der Waals surface area contributed by atoms with Crippen molar-refractivity contribution in [2.75, 3.05) is 19.0 Å². The van der Waals surface area contributed by atoms with Gasteiger partial charge in [-0.2, -0.15) is 0 Å². The van der Waals surface area contributed by atoms with E-state index in [0.29, 0.717) is 17.1 Å². The average molecular weight is 667 g/mol. The van der Waals surface area contributed by atoms with Crippen molar-refractivity contribution in [1.29, 1.82) is 0 Å². The molecular formula is C32H34N4O10S. The van der Waals surface area contributed by atoms with E-state index in [9.17, 15) is 19.2 Å². The Morgan fingerprint density at radius 1 is 0.766 bits per heavy atom. The molecule has 1 aliphatic heterocycles. The Kier molecular flexibility index (Phi) is 11.8. The number of esters is 4. The molecule has 2 heterocycles. The van der Waals surface area contributed by atoms with Gasteiger partial charge in [0.1, 0.15) is 18.5 Å². The lowest BCUT2D eigenvalue weighted by Gasteiger charge is -2.44. The smallest absolute Gasteiger partial charge is 0.303 e. The first kappa shape index (κ1) is 34.7. The SMILES string of the molecule is COc1ccc(-c2cc(-c3ccccc3)nc(NC(=S)NC3OC(COC(C)=O)C(OC(C)=O)C(OC(C)=O)C3OC(C)=O)n2)cc1. The fraction of sp³-hybridized carbons (Fsp3) is 0.344. The van der Waals surface area contributed by atoms with Crippen LogP contribution >= 0.6 is 12.2 Å². The van der Waals surface area contributed by atoms with Crippen molar-refractivity contribution in [3.8, 4) is 28.3 Å². The van der Waals surface area contributed by atoms with Gasteiger partial charge in [-0.15, -0.1) is 0 Å². The van der Waals surface area contributed by atoms with Crippen LogP contribution in [0.5, 0.6) is 5.75 Å². The second-order valence-corrected chi connectivity index (χ2v) is 10.7.